The van der Waals surface area contributed by atoms with E-state index in [2.05, 4.69) is 21.2 Å². The first kappa shape index (κ1) is 13.0. The second-order valence-electron chi connectivity index (χ2n) is 4.58. The Bertz CT molecular complexity index is 424. The maximum atomic E-state index is 13.9. The van der Waals surface area contributed by atoms with Gasteiger partial charge in [0, 0.05) is 11.1 Å². The van der Waals surface area contributed by atoms with Gasteiger partial charge in [-0.05, 0) is 48.8 Å². The monoisotopic (exact) mass is 287 g/mol. The van der Waals surface area contributed by atoms with Gasteiger partial charge in [-0.25, -0.2) is 4.39 Å². The fraction of sp³-hybridized carbons (Fsp3) is 0.364. The van der Waals surface area contributed by atoms with Gasteiger partial charge in [0.25, 0.3) is 0 Å². The third-order valence-electron chi connectivity index (χ3n) is 1.88. The molecule has 0 bridgehead atoms. The van der Waals surface area contributed by atoms with Crippen molar-refractivity contribution >= 4 is 27.5 Å². The molecule has 0 saturated carbocycles. The molecule has 0 aliphatic rings. The highest BCUT2D eigenvalue weighted by Gasteiger charge is 2.16. The van der Waals surface area contributed by atoms with E-state index in [1.54, 1.807) is 12.1 Å². The highest BCUT2D eigenvalue weighted by molar-refractivity contribution is 9.10. The van der Waals surface area contributed by atoms with Crippen LogP contribution in [0.1, 0.15) is 26.3 Å². The van der Waals surface area contributed by atoms with Crippen LogP contribution in [0, 0.1) is 11.2 Å². The van der Waals surface area contributed by atoms with Crippen LogP contribution in [0.25, 0.3) is 0 Å². The van der Waals surface area contributed by atoms with Crippen molar-refractivity contribution in [3.8, 4) is 0 Å². The number of hydrogen-bond donors (Lipinski definition) is 3. The molecule has 0 unspecified atom stereocenters. The van der Waals surface area contributed by atoms with Gasteiger partial charge in [0.1, 0.15) is 5.84 Å². The number of nitrogens with one attached hydrogen (secondary N) is 2. The lowest BCUT2D eigenvalue weighted by Crippen LogP contribution is -2.27. The Morgan fingerprint density at radius 2 is 2.00 bits per heavy atom. The molecule has 0 aromatic heterocycles. The fourth-order valence-electron chi connectivity index (χ4n) is 1.26. The molecule has 0 radical (unpaired) electrons. The Morgan fingerprint density at radius 1 is 1.44 bits per heavy atom. The molecule has 3 nitrogen and oxygen atoms in total. The molecule has 1 rings (SSSR count). The van der Waals surface area contributed by atoms with Crippen LogP contribution >= 0.6 is 15.9 Å². The normalized spacial score (nSPS) is 11.3. The molecule has 0 aliphatic heterocycles. The quantitative estimate of drug-likeness (QED) is 0.578. The molecule has 0 atom stereocenters. The van der Waals surface area contributed by atoms with Gasteiger partial charge in [-0.3, -0.25) is 5.41 Å². The molecule has 5 heteroatoms. The molecule has 88 valence electrons. The van der Waals surface area contributed by atoms with E-state index in [0.717, 1.165) is 0 Å². The summed E-state index contributed by atoms with van der Waals surface area (Å²) in [5.41, 5.74) is 5.85. The minimum absolute atomic E-state index is 0.159. The third kappa shape index (κ3) is 2.95. The summed E-state index contributed by atoms with van der Waals surface area (Å²) in [6.45, 7) is 5.83. The number of nitrogen functional groups attached to an aromatic ring is 1. The second-order valence-corrected chi connectivity index (χ2v) is 5.37. The van der Waals surface area contributed by atoms with E-state index in [1.807, 2.05) is 20.8 Å². The summed E-state index contributed by atoms with van der Waals surface area (Å²) in [4.78, 5) is 0. The molecule has 0 heterocycles. The summed E-state index contributed by atoms with van der Waals surface area (Å²) in [7, 11) is 0. The van der Waals surface area contributed by atoms with E-state index in [0.29, 0.717) is 11.3 Å². The Labute approximate surface area is 103 Å². The number of nitrogens with two attached hydrogens (primary N) is 1. The minimum atomic E-state index is -0.428. The van der Waals surface area contributed by atoms with Gasteiger partial charge in [-0.15, -0.1) is 0 Å². The van der Waals surface area contributed by atoms with Gasteiger partial charge in [0.15, 0.2) is 5.82 Å². The van der Waals surface area contributed by atoms with Crippen molar-refractivity contribution in [1.29, 1.82) is 5.41 Å². The number of benzene rings is 1. The number of amidine groups is 1. The highest BCUT2D eigenvalue weighted by atomic mass is 79.9. The van der Waals surface area contributed by atoms with Crippen LogP contribution in [-0.4, -0.2) is 11.4 Å². The molecule has 0 amide bonds. The predicted octanol–water partition coefficient (Wildman–Crippen LogP) is 3.08. The third-order valence-corrected chi connectivity index (χ3v) is 2.66. The van der Waals surface area contributed by atoms with E-state index in [-0.39, 0.29) is 15.8 Å². The molecular weight excluding hydrogens is 273 g/mol. The first-order chi connectivity index (χ1) is 7.22. The van der Waals surface area contributed by atoms with Crippen molar-refractivity contribution in [3.63, 3.8) is 0 Å². The largest absolute Gasteiger partial charge is 0.384 e. The van der Waals surface area contributed by atoms with E-state index in [9.17, 15) is 4.39 Å². The van der Waals surface area contributed by atoms with Gasteiger partial charge in [-0.1, -0.05) is 0 Å². The molecule has 1 aromatic carbocycles. The van der Waals surface area contributed by atoms with Gasteiger partial charge < -0.3 is 11.1 Å². The summed E-state index contributed by atoms with van der Waals surface area (Å²) in [5, 5.41) is 10.3. The van der Waals surface area contributed by atoms with E-state index in [4.69, 9.17) is 11.1 Å². The molecule has 0 spiro atoms. The zero-order valence-corrected chi connectivity index (χ0v) is 11.1. The Kier molecular flexibility index (Phi) is 3.57. The zero-order valence-electron chi connectivity index (χ0n) is 9.49. The highest BCUT2D eigenvalue weighted by Crippen LogP contribution is 2.28. The van der Waals surface area contributed by atoms with Gasteiger partial charge in [0.05, 0.1) is 10.2 Å². The van der Waals surface area contributed by atoms with Crippen LogP contribution in [0.5, 0.6) is 0 Å². The van der Waals surface area contributed by atoms with Crippen molar-refractivity contribution in [3.05, 3.63) is 28.0 Å². The summed E-state index contributed by atoms with van der Waals surface area (Å²) in [6, 6.07) is 3.20. The molecular formula is C11H15BrFN3. The molecule has 0 aliphatic carbocycles. The van der Waals surface area contributed by atoms with Crippen LogP contribution in [0.2, 0.25) is 0 Å². The molecule has 0 saturated heterocycles. The fourth-order valence-corrected chi connectivity index (χ4v) is 1.82. The number of hydrogen-bond acceptors (Lipinski definition) is 2. The first-order valence-corrected chi connectivity index (χ1v) is 5.62. The SMILES string of the molecule is CC(C)(C)Nc1ccc(C(=N)N)c(Br)c1F. The van der Waals surface area contributed by atoms with Crippen molar-refractivity contribution < 1.29 is 4.39 Å². The number of anilines is 1. The lowest BCUT2D eigenvalue weighted by molar-refractivity contribution is 0.594. The summed E-state index contributed by atoms with van der Waals surface area (Å²) >= 11 is 3.10. The summed E-state index contributed by atoms with van der Waals surface area (Å²) in [5.74, 6) is -0.587. The summed E-state index contributed by atoms with van der Waals surface area (Å²) in [6.07, 6.45) is 0. The average Bonchev–Trinajstić information content (AvgIpc) is 2.10. The zero-order chi connectivity index (χ0) is 12.5. The lowest BCUT2D eigenvalue weighted by atomic mass is 10.1. The second kappa shape index (κ2) is 4.41. The van der Waals surface area contributed by atoms with Gasteiger partial charge >= 0.3 is 0 Å². The predicted molar refractivity (Wildman–Crippen MR) is 68.5 cm³/mol. The topological polar surface area (TPSA) is 61.9 Å². The molecule has 0 fully saturated rings. The Morgan fingerprint density at radius 3 is 2.44 bits per heavy atom. The van der Waals surface area contributed by atoms with Gasteiger partial charge in [-0.2, -0.15) is 0 Å². The van der Waals surface area contributed by atoms with Gasteiger partial charge in [0.2, 0.25) is 0 Å². The van der Waals surface area contributed by atoms with Crippen molar-refractivity contribution in [2.75, 3.05) is 5.32 Å². The standard InChI is InChI=1S/C11H15BrFN3/c1-11(2,3)16-7-5-4-6(10(14)15)8(12)9(7)13/h4-5,16H,1-3H3,(H3,14,15). The van der Waals surface area contributed by atoms with E-state index < -0.39 is 5.82 Å². The molecule has 4 N–H and O–H groups in total. The van der Waals surface area contributed by atoms with Crippen LogP contribution in [0.15, 0.2) is 16.6 Å². The molecule has 16 heavy (non-hydrogen) atoms. The van der Waals surface area contributed by atoms with Crippen LogP contribution in [0.3, 0.4) is 0 Å². The minimum Gasteiger partial charge on any atom is -0.384 e. The van der Waals surface area contributed by atoms with Crippen molar-refractivity contribution in [2.45, 2.75) is 26.3 Å². The van der Waals surface area contributed by atoms with E-state index >= 15 is 0 Å². The summed E-state index contributed by atoms with van der Waals surface area (Å²) < 4.78 is 14.1. The van der Waals surface area contributed by atoms with Crippen LogP contribution < -0.4 is 11.1 Å². The lowest BCUT2D eigenvalue weighted by Gasteiger charge is -2.23. The van der Waals surface area contributed by atoms with Crippen LogP contribution in [0.4, 0.5) is 10.1 Å². The average molecular weight is 288 g/mol. The maximum absolute atomic E-state index is 13.9. The van der Waals surface area contributed by atoms with E-state index in [1.165, 1.54) is 0 Å². The first-order valence-electron chi connectivity index (χ1n) is 4.83. The van der Waals surface area contributed by atoms with Crippen LogP contribution in [-0.2, 0) is 0 Å². The number of rotatable bonds is 2. The maximum Gasteiger partial charge on any atom is 0.161 e. The smallest absolute Gasteiger partial charge is 0.161 e. The number of halogens is 2. The molecule has 1 aromatic rings. The van der Waals surface area contributed by atoms with Crippen molar-refractivity contribution in [2.24, 2.45) is 5.73 Å². The Hall–Kier alpha value is -1.10. The van der Waals surface area contributed by atoms with Crippen molar-refractivity contribution in [1.82, 2.24) is 0 Å². The Balaban J connectivity index is 3.17.